The molecule has 2 aromatic carbocycles. The number of nitrogens with zero attached hydrogens (tertiary/aromatic N) is 4. The number of benzene rings is 2. The van der Waals surface area contributed by atoms with Crippen molar-refractivity contribution in [3.63, 3.8) is 0 Å². The third kappa shape index (κ3) is 11.7. The number of nitrogens with one attached hydrogen (secondary N) is 1. The zero-order chi connectivity index (χ0) is 42.1. The van der Waals surface area contributed by atoms with Crippen molar-refractivity contribution in [2.75, 3.05) is 36.0 Å². The highest BCUT2D eigenvalue weighted by Crippen LogP contribution is 2.36. The van der Waals surface area contributed by atoms with Gasteiger partial charge in [-0.25, -0.2) is 22.4 Å². The van der Waals surface area contributed by atoms with Gasteiger partial charge in [-0.1, -0.05) is 41.5 Å². The number of piperidine rings is 2. The molecule has 1 amide bonds. The van der Waals surface area contributed by atoms with E-state index in [1.54, 1.807) is 64.2 Å². The monoisotopic (exact) mass is 800 g/mol. The van der Waals surface area contributed by atoms with E-state index in [0.717, 1.165) is 49.2 Å². The molecule has 2 aliphatic rings. The summed E-state index contributed by atoms with van der Waals surface area (Å²) < 4.78 is 53.0. The maximum absolute atomic E-state index is 13.4. The minimum atomic E-state index is -2.59. The van der Waals surface area contributed by atoms with Gasteiger partial charge in [-0.15, -0.1) is 0 Å². The number of aliphatic hydroxyl groups excluding tert-OH is 2. The minimum Gasteiger partial charge on any atom is -0.479 e. The number of carboxylic acid groups (broad SMARTS) is 1. The molecule has 6 N–H and O–H groups in total. The first-order valence-electron chi connectivity index (χ1n) is 19.4. The third-order valence-electron chi connectivity index (χ3n) is 10.2. The van der Waals surface area contributed by atoms with Crippen LogP contribution in [-0.2, 0) is 9.59 Å². The lowest BCUT2D eigenvalue weighted by atomic mass is 9.94. The SMILES string of the molecule is CC(C)[C@H](O)C(=O)N[C@@H]1C[C@H](C)CN(c2ccc(C(F)F)c3ncccc23)C1.CC(C)[C@H](O)C(=O)O.C[C@H]1C[C@@H](N)CN(c2ccc(C(F)F)c3ncccc23)C1. The second-order valence-corrected chi connectivity index (χ2v) is 15.9. The Balaban J connectivity index is 0.000000218. The molecule has 4 aromatic rings. The Kier molecular flexibility index (Phi) is 16.0. The van der Waals surface area contributed by atoms with Gasteiger partial charge < -0.3 is 36.2 Å². The van der Waals surface area contributed by atoms with E-state index in [1.165, 1.54) is 18.3 Å². The number of hydrogen-bond acceptors (Lipinski definition) is 9. The lowest BCUT2D eigenvalue weighted by Crippen LogP contribution is -2.53. The first kappa shape index (κ1) is 45.1. The molecule has 11 nitrogen and oxygen atoms in total. The lowest BCUT2D eigenvalue weighted by Gasteiger charge is -2.39. The number of aliphatic hydroxyl groups is 2. The first-order chi connectivity index (χ1) is 26.9. The van der Waals surface area contributed by atoms with Crippen molar-refractivity contribution >= 4 is 45.1 Å². The number of aliphatic carboxylic acids is 1. The van der Waals surface area contributed by atoms with E-state index in [-0.39, 0.29) is 41.0 Å². The predicted molar refractivity (Wildman–Crippen MR) is 215 cm³/mol. The standard InChI is InChI=1S/C21H27F2N3O2.C16H19F2N3.C5H10O3/c1-12(2)19(27)21(28)25-14-9-13(3)10-26(11-14)17-7-6-16(20(22)23)18-15(17)5-4-8-24-18;1-10-7-11(19)9-21(8-10)14-5-4-13(16(17)18)15-12(14)3-2-6-20-15;1-3(2)4(6)5(7)8/h4-8,12-14,19-20,27H,9-11H2,1-3H3,(H,25,28);2-6,10-11,16H,7-9,19H2,1H3;3-4,6H,1-2H3,(H,7,8)/t13-,14+,19-;10-,11+;4-/m000/s1. The van der Waals surface area contributed by atoms with Crippen molar-refractivity contribution in [3.8, 4) is 0 Å². The molecule has 2 aliphatic heterocycles. The highest BCUT2D eigenvalue weighted by atomic mass is 19.3. The Hall–Kier alpha value is -4.60. The van der Waals surface area contributed by atoms with Gasteiger partial charge in [0.25, 0.3) is 12.9 Å². The van der Waals surface area contributed by atoms with Crippen LogP contribution in [0.3, 0.4) is 0 Å². The molecule has 0 aliphatic carbocycles. The number of hydrogen-bond donors (Lipinski definition) is 5. The molecule has 0 unspecified atom stereocenters. The number of rotatable bonds is 9. The molecule has 0 radical (unpaired) electrons. The molecule has 2 saturated heterocycles. The van der Waals surface area contributed by atoms with Gasteiger partial charge in [-0.3, -0.25) is 14.8 Å². The highest BCUT2D eigenvalue weighted by molar-refractivity contribution is 5.95. The van der Waals surface area contributed by atoms with Crippen LogP contribution >= 0.6 is 0 Å². The van der Waals surface area contributed by atoms with Crippen molar-refractivity contribution in [2.45, 2.75) is 91.5 Å². The Morgan fingerprint density at radius 1 is 0.719 bits per heavy atom. The molecule has 15 heteroatoms. The molecular weight excluding hydrogens is 744 g/mol. The molecule has 0 spiro atoms. The van der Waals surface area contributed by atoms with Gasteiger partial charge in [0, 0.05) is 83.9 Å². The summed E-state index contributed by atoms with van der Waals surface area (Å²) in [4.78, 5) is 34.8. The largest absolute Gasteiger partial charge is 0.479 e. The van der Waals surface area contributed by atoms with Crippen LogP contribution in [0.15, 0.2) is 60.9 Å². The zero-order valence-electron chi connectivity index (χ0n) is 33.3. The topological polar surface area (TPSA) is 165 Å². The maximum atomic E-state index is 13.4. The Bertz CT molecular complexity index is 1940. The summed E-state index contributed by atoms with van der Waals surface area (Å²) in [5.74, 6) is -1.08. The number of amides is 1. The number of pyridine rings is 2. The number of carbonyl (C=O) groups excluding carboxylic acids is 1. The van der Waals surface area contributed by atoms with Crippen LogP contribution in [0.25, 0.3) is 21.8 Å². The molecule has 2 aromatic heterocycles. The number of carbonyl (C=O) groups is 2. The molecule has 57 heavy (non-hydrogen) atoms. The van der Waals surface area contributed by atoms with Crippen LogP contribution in [0.1, 0.15) is 78.4 Å². The highest BCUT2D eigenvalue weighted by Gasteiger charge is 2.30. The van der Waals surface area contributed by atoms with E-state index < -0.39 is 31.0 Å². The van der Waals surface area contributed by atoms with E-state index in [1.807, 2.05) is 6.07 Å². The quantitative estimate of drug-likeness (QED) is 0.112. The molecule has 0 bridgehead atoms. The summed E-state index contributed by atoms with van der Waals surface area (Å²) in [5.41, 5.74) is 8.49. The molecule has 6 rings (SSSR count). The van der Waals surface area contributed by atoms with Gasteiger partial charge in [0.15, 0.2) is 6.10 Å². The van der Waals surface area contributed by atoms with Gasteiger partial charge in [0.2, 0.25) is 5.91 Å². The van der Waals surface area contributed by atoms with E-state index in [0.29, 0.717) is 34.8 Å². The van der Waals surface area contributed by atoms with Gasteiger partial charge in [0.05, 0.1) is 11.0 Å². The van der Waals surface area contributed by atoms with Crippen LogP contribution in [0.4, 0.5) is 28.9 Å². The lowest BCUT2D eigenvalue weighted by molar-refractivity contribution is -0.148. The van der Waals surface area contributed by atoms with Crippen molar-refractivity contribution in [2.24, 2.45) is 29.4 Å². The number of alkyl halides is 4. The molecule has 2 fully saturated rings. The van der Waals surface area contributed by atoms with Crippen LogP contribution in [0.2, 0.25) is 0 Å². The predicted octanol–water partition coefficient (Wildman–Crippen LogP) is 6.95. The average Bonchev–Trinajstić information content (AvgIpc) is 3.15. The number of anilines is 2. The first-order valence-corrected chi connectivity index (χ1v) is 19.4. The fraction of sp³-hybridized carbons (Fsp3) is 0.524. The number of nitrogens with two attached hydrogens (primary N) is 1. The van der Waals surface area contributed by atoms with Gasteiger partial charge >= 0.3 is 5.97 Å². The van der Waals surface area contributed by atoms with Crippen LogP contribution in [0, 0.1) is 23.7 Å². The van der Waals surface area contributed by atoms with Gasteiger partial charge in [-0.05, 0) is 85.0 Å². The Morgan fingerprint density at radius 3 is 1.58 bits per heavy atom. The third-order valence-corrected chi connectivity index (χ3v) is 10.2. The van der Waals surface area contributed by atoms with Gasteiger partial charge in [0.1, 0.15) is 6.10 Å². The smallest absolute Gasteiger partial charge is 0.332 e. The van der Waals surface area contributed by atoms with Crippen molar-refractivity contribution in [3.05, 3.63) is 72.1 Å². The van der Waals surface area contributed by atoms with E-state index in [4.69, 9.17) is 15.9 Å². The number of carboxylic acids is 1. The molecule has 4 heterocycles. The molecular formula is C42H56F4N6O5. The fourth-order valence-electron chi connectivity index (χ4n) is 7.39. The average molecular weight is 801 g/mol. The fourth-order valence-corrected chi connectivity index (χ4v) is 7.39. The van der Waals surface area contributed by atoms with Gasteiger partial charge in [-0.2, -0.15) is 0 Å². The normalized spacial score (nSPS) is 20.9. The van der Waals surface area contributed by atoms with Crippen LogP contribution in [0.5, 0.6) is 0 Å². The second kappa shape index (κ2) is 20.2. The number of halogens is 4. The van der Waals surface area contributed by atoms with Crippen molar-refractivity contribution in [1.82, 2.24) is 15.3 Å². The summed E-state index contributed by atoms with van der Waals surface area (Å²) in [5, 5.41) is 31.1. The summed E-state index contributed by atoms with van der Waals surface area (Å²) in [6, 6.07) is 13.6. The van der Waals surface area contributed by atoms with Crippen LogP contribution < -0.4 is 20.9 Å². The van der Waals surface area contributed by atoms with E-state index >= 15 is 0 Å². The Labute approximate surface area is 331 Å². The molecule has 6 atom stereocenters. The van der Waals surface area contributed by atoms with E-state index in [2.05, 4.69) is 38.9 Å². The van der Waals surface area contributed by atoms with Crippen molar-refractivity contribution in [1.29, 1.82) is 0 Å². The van der Waals surface area contributed by atoms with Crippen molar-refractivity contribution < 1.29 is 42.5 Å². The summed E-state index contributed by atoms with van der Waals surface area (Å²) in [7, 11) is 0. The number of aromatic nitrogens is 2. The minimum absolute atomic E-state index is 0.0105. The zero-order valence-corrected chi connectivity index (χ0v) is 33.3. The summed E-state index contributed by atoms with van der Waals surface area (Å²) >= 11 is 0. The Morgan fingerprint density at radius 2 is 1.18 bits per heavy atom. The maximum Gasteiger partial charge on any atom is 0.332 e. The molecule has 312 valence electrons. The molecule has 0 saturated carbocycles. The van der Waals surface area contributed by atoms with E-state index in [9.17, 15) is 32.3 Å². The van der Waals surface area contributed by atoms with Crippen LogP contribution in [-0.4, -0.2) is 87.6 Å². The number of fused-ring (bicyclic) bond motifs is 2. The summed E-state index contributed by atoms with van der Waals surface area (Å²) in [6.45, 7) is 14.1. The summed E-state index contributed by atoms with van der Waals surface area (Å²) in [6.07, 6.45) is -2.47. The second-order valence-electron chi connectivity index (χ2n) is 15.9.